The Hall–Kier alpha value is -1.60. The number of halogens is 1. The second kappa shape index (κ2) is 7.25. The molecule has 110 valence electrons. The molecule has 0 saturated heterocycles. The molecule has 3 nitrogen and oxygen atoms in total. The Morgan fingerprint density at radius 2 is 2.00 bits per heavy atom. The summed E-state index contributed by atoms with van der Waals surface area (Å²) in [4.78, 5) is 2.14. The van der Waals surface area contributed by atoms with Crippen LogP contribution in [0, 0.1) is 30.0 Å². The lowest BCUT2D eigenvalue weighted by atomic mass is 10.0. The van der Waals surface area contributed by atoms with Crippen molar-refractivity contribution in [2.75, 3.05) is 18.0 Å². The first-order valence-corrected chi connectivity index (χ1v) is 7.04. The summed E-state index contributed by atoms with van der Waals surface area (Å²) in [6.07, 6.45) is 0.446. The third kappa shape index (κ3) is 4.21. The van der Waals surface area contributed by atoms with Gasteiger partial charge in [0.25, 0.3) is 0 Å². The van der Waals surface area contributed by atoms with E-state index in [-0.39, 0.29) is 11.9 Å². The number of anilines is 1. The molecular formula is C16H24FN3. The average molecular weight is 277 g/mol. The molecule has 0 aliphatic rings. The molecule has 2 N–H and O–H groups in total. The molecule has 0 bridgehead atoms. The summed E-state index contributed by atoms with van der Waals surface area (Å²) < 4.78 is 13.8. The van der Waals surface area contributed by atoms with Crippen molar-refractivity contribution < 1.29 is 4.39 Å². The van der Waals surface area contributed by atoms with Crippen molar-refractivity contribution >= 4 is 5.69 Å². The van der Waals surface area contributed by atoms with E-state index in [0.717, 1.165) is 17.8 Å². The van der Waals surface area contributed by atoms with E-state index in [4.69, 9.17) is 11.0 Å². The van der Waals surface area contributed by atoms with E-state index in [9.17, 15) is 4.39 Å². The van der Waals surface area contributed by atoms with Crippen molar-refractivity contribution in [3.63, 3.8) is 0 Å². The predicted octanol–water partition coefficient (Wildman–Crippen LogP) is 3.53. The Balaban J connectivity index is 3.22. The van der Waals surface area contributed by atoms with Gasteiger partial charge in [0.2, 0.25) is 0 Å². The summed E-state index contributed by atoms with van der Waals surface area (Å²) in [7, 11) is 0. The molecule has 0 aliphatic carbocycles. The van der Waals surface area contributed by atoms with Crippen LogP contribution in [0.15, 0.2) is 12.1 Å². The molecule has 0 spiro atoms. The van der Waals surface area contributed by atoms with E-state index in [1.54, 1.807) is 6.92 Å². The van der Waals surface area contributed by atoms with Gasteiger partial charge in [-0.25, -0.2) is 4.39 Å². The quantitative estimate of drug-likeness (QED) is 0.865. The minimum Gasteiger partial charge on any atom is -0.370 e. The highest BCUT2D eigenvalue weighted by atomic mass is 19.1. The molecule has 1 atom stereocenters. The fourth-order valence-electron chi connectivity index (χ4n) is 2.26. The van der Waals surface area contributed by atoms with E-state index >= 15 is 0 Å². The molecule has 0 aliphatic heterocycles. The highest BCUT2D eigenvalue weighted by Gasteiger charge is 2.17. The Morgan fingerprint density at radius 3 is 2.50 bits per heavy atom. The van der Waals surface area contributed by atoms with Gasteiger partial charge in [-0.05, 0) is 43.0 Å². The zero-order valence-corrected chi connectivity index (χ0v) is 12.8. The SMILES string of the molecule is Cc1cc(N(CCC#N)CC(C)C)c(C(C)N)cc1F. The number of hydrogen-bond donors (Lipinski definition) is 1. The molecule has 4 heteroatoms. The third-order valence-corrected chi connectivity index (χ3v) is 3.22. The maximum atomic E-state index is 13.8. The first-order valence-electron chi connectivity index (χ1n) is 7.04. The van der Waals surface area contributed by atoms with Crippen molar-refractivity contribution in [3.8, 4) is 6.07 Å². The lowest BCUT2D eigenvalue weighted by molar-refractivity contribution is 0.598. The van der Waals surface area contributed by atoms with Crippen LogP contribution in [0.3, 0.4) is 0 Å². The van der Waals surface area contributed by atoms with Gasteiger partial charge in [0.1, 0.15) is 5.82 Å². The van der Waals surface area contributed by atoms with Crippen LogP contribution in [-0.4, -0.2) is 13.1 Å². The number of aryl methyl sites for hydroxylation is 1. The van der Waals surface area contributed by atoms with Crippen LogP contribution in [0.25, 0.3) is 0 Å². The second-order valence-corrected chi connectivity index (χ2v) is 5.70. The highest BCUT2D eigenvalue weighted by molar-refractivity contribution is 5.57. The van der Waals surface area contributed by atoms with E-state index in [2.05, 4.69) is 24.8 Å². The Labute approximate surface area is 121 Å². The van der Waals surface area contributed by atoms with Crippen LogP contribution in [-0.2, 0) is 0 Å². The summed E-state index contributed by atoms with van der Waals surface area (Å²) in [5, 5.41) is 8.81. The monoisotopic (exact) mass is 277 g/mol. The Morgan fingerprint density at radius 1 is 1.35 bits per heavy atom. The van der Waals surface area contributed by atoms with E-state index in [1.165, 1.54) is 6.07 Å². The minimum absolute atomic E-state index is 0.231. The van der Waals surface area contributed by atoms with Crippen LogP contribution in [0.2, 0.25) is 0 Å². The topological polar surface area (TPSA) is 53.0 Å². The molecule has 0 radical (unpaired) electrons. The molecule has 0 amide bonds. The number of hydrogen-bond acceptors (Lipinski definition) is 3. The van der Waals surface area contributed by atoms with Gasteiger partial charge in [-0.2, -0.15) is 5.26 Å². The second-order valence-electron chi connectivity index (χ2n) is 5.70. The summed E-state index contributed by atoms with van der Waals surface area (Å²) in [6, 6.07) is 5.29. The van der Waals surface area contributed by atoms with Crippen molar-refractivity contribution in [2.45, 2.75) is 40.2 Å². The average Bonchev–Trinajstić information content (AvgIpc) is 2.36. The number of nitrogens with two attached hydrogens (primary N) is 1. The molecule has 1 aromatic carbocycles. The van der Waals surface area contributed by atoms with E-state index < -0.39 is 0 Å². The first kappa shape index (κ1) is 16.5. The molecule has 0 heterocycles. The van der Waals surface area contributed by atoms with Crippen LogP contribution >= 0.6 is 0 Å². The van der Waals surface area contributed by atoms with Crippen molar-refractivity contribution in [1.82, 2.24) is 0 Å². The van der Waals surface area contributed by atoms with Gasteiger partial charge in [-0.3, -0.25) is 0 Å². The summed E-state index contributed by atoms with van der Waals surface area (Å²) in [5.74, 6) is 0.228. The van der Waals surface area contributed by atoms with Crippen molar-refractivity contribution in [1.29, 1.82) is 5.26 Å². The van der Waals surface area contributed by atoms with Gasteiger partial charge in [-0.15, -0.1) is 0 Å². The number of rotatable bonds is 6. The Bertz CT molecular complexity index is 489. The number of nitrogens with zero attached hydrogens (tertiary/aromatic N) is 2. The van der Waals surface area contributed by atoms with Gasteiger partial charge < -0.3 is 10.6 Å². The normalized spacial score (nSPS) is 12.3. The van der Waals surface area contributed by atoms with Crippen molar-refractivity contribution in [3.05, 3.63) is 29.1 Å². The fraction of sp³-hybridized carbons (Fsp3) is 0.562. The molecule has 0 saturated carbocycles. The van der Waals surface area contributed by atoms with Crippen LogP contribution in [0.1, 0.15) is 44.4 Å². The van der Waals surface area contributed by atoms with Gasteiger partial charge in [0.15, 0.2) is 0 Å². The lowest BCUT2D eigenvalue weighted by Gasteiger charge is -2.29. The predicted molar refractivity (Wildman–Crippen MR) is 81.0 cm³/mol. The first-order chi connectivity index (χ1) is 9.36. The molecule has 1 rings (SSSR count). The number of benzene rings is 1. The maximum absolute atomic E-state index is 13.8. The lowest BCUT2D eigenvalue weighted by Crippen LogP contribution is -2.30. The minimum atomic E-state index is -0.239. The molecule has 0 fully saturated rings. The third-order valence-electron chi connectivity index (χ3n) is 3.22. The van der Waals surface area contributed by atoms with Gasteiger partial charge in [0, 0.05) is 24.8 Å². The maximum Gasteiger partial charge on any atom is 0.126 e. The standard InChI is InChI=1S/C16H24FN3/c1-11(2)10-20(7-5-6-18)16-8-12(3)15(17)9-14(16)13(4)19/h8-9,11,13H,5,7,10,19H2,1-4H3. The van der Waals surface area contributed by atoms with Crippen LogP contribution in [0.4, 0.5) is 10.1 Å². The van der Waals surface area contributed by atoms with Crippen LogP contribution in [0.5, 0.6) is 0 Å². The van der Waals surface area contributed by atoms with E-state index in [1.807, 2.05) is 13.0 Å². The largest absolute Gasteiger partial charge is 0.370 e. The van der Waals surface area contributed by atoms with Gasteiger partial charge in [-0.1, -0.05) is 13.8 Å². The molecule has 0 aromatic heterocycles. The van der Waals surface area contributed by atoms with Crippen molar-refractivity contribution in [2.24, 2.45) is 11.7 Å². The summed E-state index contributed by atoms with van der Waals surface area (Å²) in [5.41, 5.74) is 8.32. The molecule has 20 heavy (non-hydrogen) atoms. The highest BCUT2D eigenvalue weighted by Crippen LogP contribution is 2.29. The smallest absolute Gasteiger partial charge is 0.126 e. The summed E-state index contributed by atoms with van der Waals surface area (Å²) in [6.45, 7) is 9.32. The number of nitriles is 1. The molecule has 1 aromatic rings. The van der Waals surface area contributed by atoms with Gasteiger partial charge >= 0.3 is 0 Å². The molecular weight excluding hydrogens is 253 g/mol. The summed E-state index contributed by atoms with van der Waals surface area (Å²) >= 11 is 0. The van der Waals surface area contributed by atoms with Gasteiger partial charge in [0.05, 0.1) is 12.5 Å². The van der Waals surface area contributed by atoms with Crippen LogP contribution < -0.4 is 10.6 Å². The fourth-order valence-corrected chi connectivity index (χ4v) is 2.26. The Kier molecular flexibility index (Phi) is 5.97. The molecule has 1 unspecified atom stereocenters. The zero-order valence-electron chi connectivity index (χ0n) is 12.8. The zero-order chi connectivity index (χ0) is 15.3. The van der Waals surface area contributed by atoms with E-state index in [0.29, 0.717) is 24.4 Å².